The van der Waals surface area contributed by atoms with Crippen molar-refractivity contribution < 1.29 is 9.90 Å². The van der Waals surface area contributed by atoms with E-state index in [1.165, 1.54) is 12.8 Å². The van der Waals surface area contributed by atoms with Gasteiger partial charge in [-0.2, -0.15) is 0 Å². The average Bonchev–Trinajstić information content (AvgIpc) is 2.17. The van der Waals surface area contributed by atoms with Gasteiger partial charge in [0.05, 0.1) is 0 Å². The predicted octanol–water partition coefficient (Wildman–Crippen LogP) is 0.326. The van der Waals surface area contributed by atoms with Crippen LogP contribution in [0, 0.1) is 5.92 Å². The van der Waals surface area contributed by atoms with Crippen molar-refractivity contribution in [3.05, 3.63) is 0 Å². The van der Waals surface area contributed by atoms with E-state index in [0.29, 0.717) is 6.04 Å². The quantitative estimate of drug-likeness (QED) is 0.643. The molecule has 0 aromatic carbocycles. The summed E-state index contributed by atoms with van der Waals surface area (Å²) in [6.45, 7) is 2.58. The minimum absolute atomic E-state index is 0.0321. The van der Waals surface area contributed by atoms with Gasteiger partial charge in [-0.15, -0.1) is 0 Å². The Bertz CT molecular complexity index is 153. The van der Waals surface area contributed by atoms with Crippen molar-refractivity contribution in [2.75, 3.05) is 13.2 Å². The monoisotopic (exact) mass is 171 g/mol. The molecular weight excluding hydrogens is 154 g/mol. The van der Waals surface area contributed by atoms with Crippen LogP contribution >= 0.6 is 0 Å². The van der Waals surface area contributed by atoms with Gasteiger partial charge in [-0.05, 0) is 19.4 Å². The summed E-state index contributed by atoms with van der Waals surface area (Å²) in [4.78, 5) is 11.1. The van der Waals surface area contributed by atoms with Crippen molar-refractivity contribution in [2.24, 2.45) is 5.92 Å². The molecule has 1 rings (SSSR count). The van der Waals surface area contributed by atoms with Gasteiger partial charge in [-0.1, -0.05) is 13.3 Å². The first kappa shape index (κ1) is 9.68. The molecule has 0 aromatic rings. The SMILES string of the molecule is CC(C(=O)CO)C1CCCCN1. The molecule has 2 N–H and O–H groups in total. The van der Waals surface area contributed by atoms with Crippen molar-refractivity contribution in [3.8, 4) is 0 Å². The number of piperidine rings is 1. The Morgan fingerprint density at radius 2 is 2.42 bits per heavy atom. The third-order valence-corrected chi connectivity index (χ3v) is 2.62. The fraction of sp³-hybridized carbons (Fsp3) is 0.889. The molecule has 0 saturated carbocycles. The fourth-order valence-electron chi connectivity index (χ4n) is 1.67. The van der Waals surface area contributed by atoms with Gasteiger partial charge in [-0.25, -0.2) is 0 Å². The smallest absolute Gasteiger partial charge is 0.162 e. The zero-order valence-corrected chi connectivity index (χ0v) is 7.55. The Balaban J connectivity index is 2.39. The lowest BCUT2D eigenvalue weighted by molar-refractivity contribution is -0.126. The van der Waals surface area contributed by atoms with Crippen molar-refractivity contribution in [2.45, 2.75) is 32.2 Å². The number of hydrogen-bond donors (Lipinski definition) is 2. The summed E-state index contributed by atoms with van der Waals surface area (Å²) >= 11 is 0. The van der Waals surface area contributed by atoms with Crippen LogP contribution in [0.4, 0.5) is 0 Å². The lowest BCUT2D eigenvalue weighted by atomic mass is 9.91. The fourth-order valence-corrected chi connectivity index (χ4v) is 1.67. The van der Waals surface area contributed by atoms with Gasteiger partial charge in [-0.3, -0.25) is 4.79 Å². The van der Waals surface area contributed by atoms with Gasteiger partial charge in [0, 0.05) is 12.0 Å². The van der Waals surface area contributed by atoms with E-state index in [9.17, 15) is 4.79 Å². The number of carbonyl (C=O) groups is 1. The van der Waals surface area contributed by atoms with Gasteiger partial charge in [0.1, 0.15) is 6.61 Å². The molecule has 1 aliphatic heterocycles. The zero-order valence-electron chi connectivity index (χ0n) is 7.55. The second-order valence-corrected chi connectivity index (χ2v) is 3.47. The predicted molar refractivity (Wildman–Crippen MR) is 46.9 cm³/mol. The highest BCUT2D eigenvalue weighted by Crippen LogP contribution is 2.15. The van der Waals surface area contributed by atoms with Crippen LogP contribution < -0.4 is 5.32 Å². The maximum Gasteiger partial charge on any atom is 0.162 e. The molecule has 0 aromatic heterocycles. The van der Waals surface area contributed by atoms with E-state index in [1.807, 2.05) is 6.92 Å². The highest BCUT2D eigenvalue weighted by atomic mass is 16.3. The Morgan fingerprint density at radius 1 is 1.67 bits per heavy atom. The Morgan fingerprint density at radius 3 is 2.92 bits per heavy atom. The highest BCUT2D eigenvalue weighted by molar-refractivity contribution is 5.82. The van der Waals surface area contributed by atoms with E-state index in [4.69, 9.17) is 5.11 Å². The summed E-state index contributed by atoms with van der Waals surface area (Å²) in [5.41, 5.74) is 0. The first-order valence-electron chi connectivity index (χ1n) is 4.62. The molecule has 1 aliphatic rings. The topological polar surface area (TPSA) is 49.3 Å². The molecule has 0 amide bonds. The minimum atomic E-state index is -0.320. The third-order valence-electron chi connectivity index (χ3n) is 2.62. The lowest BCUT2D eigenvalue weighted by Gasteiger charge is -2.27. The number of carbonyl (C=O) groups excluding carboxylic acids is 1. The summed E-state index contributed by atoms with van der Waals surface area (Å²) in [7, 11) is 0. The zero-order chi connectivity index (χ0) is 8.97. The largest absolute Gasteiger partial charge is 0.389 e. The number of ketones is 1. The minimum Gasteiger partial charge on any atom is -0.389 e. The number of aliphatic hydroxyl groups excluding tert-OH is 1. The Labute approximate surface area is 73.2 Å². The standard InChI is InChI=1S/C9H17NO2/c1-7(9(12)6-11)8-4-2-3-5-10-8/h7-8,10-11H,2-6H2,1H3. The molecule has 0 radical (unpaired) electrons. The highest BCUT2D eigenvalue weighted by Gasteiger charge is 2.24. The Hall–Kier alpha value is -0.410. The van der Waals surface area contributed by atoms with Crippen LogP contribution in [0.3, 0.4) is 0 Å². The number of aliphatic hydroxyl groups is 1. The van der Waals surface area contributed by atoms with Crippen molar-refractivity contribution in [3.63, 3.8) is 0 Å². The molecule has 2 atom stereocenters. The molecule has 1 saturated heterocycles. The van der Waals surface area contributed by atoms with Crippen LogP contribution in [0.2, 0.25) is 0 Å². The first-order valence-corrected chi connectivity index (χ1v) is 4.62. The third kappa shape index (κ3) is 2.29. The van der Waals surface area contributed by atoms with Crippen LogP contribution in [-0.4, -0.2) is 30.1 Å². The van der Waals surface area contributed by atoms with Gasteiger partial charge in [0.2, 0.25) is 0 Å². The molecule has 3 heteroatoms. The molecule has 2 unspecified atom stereocenters. The van der Waals surface area contributed by atoms with E-state index in [2.05, 4.69) is 5.32 Å². The second kappa shape index (κ2) is 4.58. The number of hydrogen-bond acceptors (Lipinski definition) is 3. The first-order chi connectivity index (χ1) is 5.75. The summed E-state index contributed by atoms with van der Waals surface area (Å²) in [5.74, 6) is -0.0790. The molecule has 1 fully saturated rings. The normalized spacial score (nSPS) is 26.7. The molecule has 0 aliphatic carbocycles. The molecular formula is C9H17NO2. The molecule has 70 valence electrons. The maximum absolute atomic E-state index is 11.1. The number of nitrogens with one attached hydrogen (secondary N) is 1. The summed E-state index contributed by atoms with van der Waals surface area (Å²) in [5, 5.41) is 12.0. The van der Waals surface area contributed by atoms with Crippen LogP contribution in [0.25, 0.3) is 0 Å². The van der Waals surface area contributed by atoms with E-state index in [1.54, 1.807) is 0 Å². The molecule has 3 nitrogen and oxygen atoms in total. The number of rotatable bonds is 3. The summed E-state index contributed by atoms with van der Waals surface area (Å²) in [6, 6.07) is 0.290. The van der Waals surface area contributed by atoms with E-state index in [-0.39, 0.29) is 18.3 Å². The van der Waals surface area contributed by atoms with Gasteiger partial charge < -0.3 is 10.4 Å². The lowest BCUT2D eigenvalue weighted by Crippen LogP contribution is -2.42. The molecule has 1 heterocycles. The van der Waals surface area contributed by atoms with E-state index < -0.39 is 0 Å². The van der Waals surface area contributed by atoms with E-state index in [0.717, 1.165) is 13.0 Å². The summed E-state index contributed by atoms with van der Waals surface area (Å²) < 4.78 is 0. The summed E-state index contributed by atoms with van der Waals surface area (Å²) in [6.07, 6.45) is 3.46. The van der Waals surface area contributed by atoms with Crippen LogP contribution in [0.5, 0.6) is 0 Å². The van der Waals surface area contributed by atoms with Crippen LogP contribution in [0.15, 0.2) is 0 Å². The molecule has 0 bridgehead atoms. The van der Waals surface area contributed by atoms with E-state index >= 15 is 0 Å². The van der Waals surface area contributed by atoms with Gasteiger partial charge in [0.15, 0.2) is 5.78 Å². The van der Waals surface area contributed by atoms with Crippen LogP contribution in [0.1, 0.15) is 26.2 Å². The maximum atomic E-state index is 11.1. The van der Waals surface area contributed by atoms with Crippen molar-refractivity contribution in [1.82, 2.24) is 5.32 Å². The average molecular weight is 171 g/mol. The van der Waals surface area contributed by atoms with Crippen LogP contribution in [-0.2, 0) is 4.79 Å². The van der Waals surface area contributed by atoms with Crippen molar-refractivity contribution >= 4 is 5.78 Å². The van der Waals surface area contributed by atoms with Gasteiger partial charge >= 0.3 is 0 Å². The van der Waals surface area contributed by atoms with Gasteiger partial charge in [0.25, 0.3) is 0 Å². The second-order valence-electron chi connectivity index (χ2n) is 3.47. The molecule has 0 spiro atoms. The number of Topliss-reactive ketones (excluding diaryl/α,β-unsaturated/α-hetero) is 1. The Kier molecular flexibility index (Phi) is 3.69. The van der Waals surface area contributed by atoms with Crippen molar-refractivity contribution in [1.29, 1.82) is 0 Å². The molecule has 12 heavy (non-hydrogen) atoms.